The van der Waals surface area contributed by atoms with Gasteiger partial charge in [-0.3, -0.25) is 15.5 Å². The molecule has 2 heterocycles. The topological polar surface area (TPSA) is 85.3 Å². The van der Waals surface area contributed by atoms with Gasteiger partial charge in [0.05, 0.1) is 11.1 Å². The molecule has 0 spiro atoms. The molecule has 2 aromatic rings. The molecule has 0 unspecified atom stereocenters. The van der Waals surface area contributed by atoms with Crippen molar-refractivity contribution in [2.24, 2.45) is 5.10 Å². The molecule has 25 heavy (non-hydrogen) atoms. The molecule has 0 atom stereocenters. The predicted octanol–water partition coefficient (Wildman–Crippen LogP) is 4.36. The standard InChI is InChI=1S/C18H23N5O2/c1-13-10-15(14(2)22(13)16-6-4-3-5-7-16)11-20-21-18-9-8-17(12-19-18)23(24)25/h8-12,16H,3-7H2,1-2H3,(H,19,21)/b20-11+. The first-order valence-corrected chi connectivity index (χ1v) is 8.64. The van der Waals surface area contributed by atoms with Crippen LogP contribution in [0.4, 0.5) is 11.5 Å². The average molecular weight is 341 g/mol. The number of hydrazone groups is 1. The summed E-state index contributed by atoms with van der Waals surface area (Å²) in [5.41, 5.74) is 6.36. The van der Waals surface area contributed by atoms with Crippen LogP contribution in [0.15, 0.2) is 29.5 Å². The number of rotatable bonds is 5. The van der Waals surface area contributed by atoms with Gasteiger partial charge in [0.15, 0.2) is 0 Å². The number of anilines is 1. The lowest BCUT2D eigenvalue weighted by Crippen LogP contribution is -2.15. The van der Waals surface area contributed by atoms with E-state index in [1.165, 1.54) is 55.8 Å². The molecule has 1 aliphatic carbocycles. The molecule has 7 nitrogen and oxygen atoms in total. The van der Waals surface area contributed by atoms with Gasteiger partial charge in [0.1, 0.15) is 12.0 Å². The van der Waals surface area contributed by atoms with Crippen molar-refractivity contribution >= 4 is 17.7 Å². The summed E-state index contributed by atoms with van der Waals surface area (Å²) >= 11 is 0. The maximum Gasteiger partial charge on any atom is 0.287 e. The fraction of sp³-hybridized carbons (Fsp3) is 0.444. The molecule has 0 aromatic carbocycles. The third kappa shape index (κ3) is 3.87. The summed E-state index contributed by atoms with van der Waals surface area (Å²) in [6, 6.07) is 5.69. The Labute approximate surface area is 146 Å². The maximum atomic E-state index is 10.6. The highest BCUT2D eigenvalue weighted by Gasteiger charge is 2.19. The van der Waals surface area contributed by atoms with Crippen LogP contribution in [0.3, 0.4) is 0 Å². The van der Waals surface area contributed by atoms with E-state index in [0.717, 1.165) is 5.56 Å². The summed E-state index contributed by atoms with van der Waals surface area (Å²) in [6.45, 7) is 4.28. The summed E-state index contributed by atoms with van der Waals surface area (Å²) in [4.78, 5) is 14.1. The Kier molecular flexibility index (Phi) is 5.11. The van der Waals surface area contributed by atoms with Gasteiger partial charge in [-0.25, -0.2) is 4.98 Å². The number of nitrogens with zero attached hydrogens (tertiary/aromatic N) is 4. The van der Waals surface area contributed by atoms with E-state index in [1.807, 2.05) is 0 Å². The van der Waals surface area contributed by atoms with Gasteiger partial charge < -0.3 is 4.57 Å². The third-order valence-electron chi connectivity index (χ3n) is 4.80. The minimum Gasteiger partial charge on any atom is -0.345 e. The third-order valence-corrected chi connectivity index (χ3v) is 4.80. The minimum absolute atomic E-state index is 0.0365. The van der Waals surface area contributed by atoms with Crippen molar-refractivity contribution < 1.29 is 4.92 Å². The first-order valence-electron chi connectivity index (χ1n) is 8.64. The molecule has 2 aromatic heterocycles. The first-order chi connectivity index (χ1) is 12.1. The number of hydrogen-bond donors (Lipinski definition) is 1. The predicted molar refractivity (Wildman–Crippen MR) is 98.1 cm³/mol. The minimum atomic E-state index is -0.472. The Morgan fingerprint density at radius 2 is 2.08 bits per heavy atom. The van der Waals surface area contributed by atoms with Gasteiger partial charge in [-0.15, -0.1) is 0 Å². The molecule has 0 saturated heterocycles. The Morgan fingerprint density at radius 3 is 2.72 bits per heavy atom. The van der Waals surface area contributed by atoms with E-state index in [2.05, 4.69) is 40.0 Å². The highest BCUT2D eigenvalue weighted by atomic mass is 16.6. The number of aromatic nitrogens is 2. The van der Waals surface area contributed by atoms with Gasteiger partial charge in [-0.05, 0) is 38.8 Å². The number of aryl methyl sites for hydroxylation is 1. The molecule has 1 aliphatic rings. The molecule has 1 saturated carbocycles. The van der Waals surface area contributed by atoms with E-state index in [4.69, 9.17) is 0 Å². The van der Waals surface area contributed by atoms with Gasteiger partial charge in [0.25, 0.3) is 5.69 Å². The number of nitrogens with one attached hydrogen (secondary N) is 1. The summed E-state index contributed by atoms with van der Waals surface area (Å²) < 4.78 is 2.44. The molecule has 1 N–H and O–H groups in total. The van der Waals surface area contributed by atoms with Crippen LogP contribution in [-0.2, 0) is 0 Å². The fourth-order valence-electron chi connectivity index (χ4n) is 3.56. The number of hydrogen-bond acceptors (Lipinski definition) is 5. The van der Waals surface area contributed by atoms with Gasteiger partial charge in [-0.2, -0.15) is 5.10 Å². The van der Waals surface area contributed by atoms with E-state index in [-0.39, 0.29) is 5.69 Å². The lowest BCUT2D eigenvalue weighted by molar-refractivity contribution is -0.385. The Hall–Kier alpha value is -2.70. The highest BCUT2D eigenvalue weighted by Crippen LogP contribution is 2.31. The summed E-state index contributed by atoms with van der Waals surface area (Å²) in [7, 11) is 0. The quantitative estimate of drug-likeness (QED) is 0.497. The van der Waals surface area contributed by atoms with Crippen LogP contribution in [0, 0.1) is 24.0 Å². The first kappa shape index (κ1) is 17.1. The highest BCUT2D eigenvalue weighted by molar-refractivity contribution is 5.82. The molecular weight excluding hydrogens is 318 g/mol. The smallest absolute Gasteiger partial charge is 0.287 e. The lowest BCUT2D eigenvalue weighted by atomic mass is 9.95. The molecular formula is C18H23N5O2. The van der Waals surface area contributed by atoms with Crippen molar-refractivity contribution in [3.63, 3.8) is 0 Å². The van der Waals surface area contributed by atoms with E-state index in [0.29, 0.717) is 11.9 Å². The second-order valence-electron chi connectivity index (χ2n) is 6.52. The van der Waals surface area contributed by atoms with Crippen molar-refractivity contribution in [2.75, 3.05) is 5.43 Å². The Bertz CT molecular complexity index is 774. The molecule has 0 radical (unpaired) electrons. The van der Waals surface area contributed by atoms with Crippen molar-refractivity contribution in [3.05, 3.63) is 51.5 Å². The van der Waals surface area contributed by atoms with Crippen molar-refractivity contribution in [1.82, 2.24) is 9.55 Å². The molecule has 7 heteroatoms. The zero-order valence-electron chi connectivity index (χ0n) is 14.6. The van der Waals surface area contributed by atoms with Crippen LogP contribution >= 0.6 is 0 Å². The van der Waals surface area contributed by atoms with Crippen LogP contribution in [0.5, 0.6) is 0 Å². The van der Waals surface area contributed by atoms with Gasteiger partial charge in [0.2, 0.25) is 0 Å². The molecule has 0 bridgehead atoms. The van der Waals surface area contributed by atoms with Crippen molar-refractivity contribution in [3.8, 4) is 0 Å². The zero-order chi connectivity index (χ0) is 17.8. The molecule has 132 valence electrons. The van der Waals surface area contributed by atoms with Crippen LogP contribution in [-0.4, -0.2) is 20.7 Å². The van der Waals surface area contributed by atoms with Crippen LogP contribution in [0.1, 0.15) is 55.1 Å². The Balaban J connectivity index is 1.70. The average Bonchev–Trinajstić information content (AvgIpc) is 2.90. The molecule has 0 amide bonds. The van der Waals surface area contributed by atoms with E-state index >= 15 is 0 Å². The SMILES string of the molecule is Cc1cc(/C=N/Nc2ccc([N+](=O)[O-])cn2)c(C)n1C1CCCCC1. The number of pyridine rings is 1. The number of nitro groups is 1. The van der Waals surface area contributed by atoms with Crippen LogP contribution in [0.25, 0.3) is 0 Å². The molecule has 0 aliphatic heterocycles. The normalized spacial score (nSPS) is 15.6. The van der Waals surface area contributed by atoms with E-state index < -0.39 is 4.92 Å². The largest absolute Gasteiger partial charge is 0.345 e. The molecule has 1 fully saturated rings. The lowest BCUT2D eigenvalue weighted by Gasteiger charge is -2.26. The zero-order valence-corrected chi connectivity index (χ0v) is 14.6. The Morgan fingerprint density at radius 1 is 1.32 bits per heavy atom. The second kappa shape index (κ2) is 7.46. The van der Waals surface area contributed by atoms with E-state index in [1.54, 1.807) is 12.3 Å². The van der Waals surface area contributed by atoms with Gasteiger partial charge in [-0.1, -0.05) is 19.3 Å². The summed E-state index contributed by atoms with van der Waals surface area (Å²) in [6.07, 6.45) is 9.45. The molecule has 3 rings (SSSR count). The van der Waals surface area contributed by atoms with Gasteiger partial charge in [0, 0.05) is 29.1 Å². The maximum absolute atomic E-state index is 10.6. The second-order valence-corrected chi connectivity index (χ2v) is 6.52. The van der Waals surface area contributed by atoms with Crippen LogP contribution in [0.2, 0.25) is 0 Å². The summed E-state index contributed by atoms with van der Waals surface area (Å²) in [5, 5.41) is 14.9. The van der Waals surface area contributed by atoms with Crippen LogP contribution < -0.4 is 5.43 Å². The summed E-state index contributed by atoms with van der Waals surface area (Å²) in [5.74, 6) is 0.475. The van der Waals surface area contributed by atoms with Crippen molar-refractivity contribution in [1.29, 1.82) is 0 Å². The van der Waals surface area contributed by atoms with Crippen molar-refractivity contribution in [2.45, 2.75) is 52.0 Å². The monoisotopic (exact) mass is 341 g/mol. The van der Waals surface area contributed by atoms with Gasteiger partial charge >= 0.3 is 0 Å². The fourth-order valence-corrected chi connectivity index (χ4v) is 3.56. The van der Waals surface area contributed by atoms with E-state index in [9.17, 15) is 10.1 Å².